The van der Waals surface area contributed by atoms with Crippen LogP contribution in [0.5, 0.6) is 0 Å². The number of aromatic nitrogens is 2. The normalized spacial score (nSPS) is 11.4. The number of anilines is 1. The van der Waals surface area contributed by atoms with E-state index in [-0.39, 0.29) is 0 Å². The second kappa shape index (κ2) is 10.5. The lowest BCUT2D eigenvalue weighted by atomic mass is 10.1. The van der Waals surface area contributed by atoms with Crippen LogP contribution in [-0.2, 0) is 19.1 Å². The Hall–Kier alpha value is -3.94. The van der Waals surface area contributed by atoms with Gasteiger partial charge in [0.25, 0.3) is 11.8 Å². The number of hydrogen-bond donors (Lipinski definition) is 0. The zero-order valence-corrected chi connectivity index (χ0v) is 19.1. The standard InChI is InChI=1S/C27H24F3N3O2/c1-19-6-2-3-10-24(19)25-31-26(32-35-25)33(15-5-9-20-7-4-8-22(16-20)18-34)17-21-11-13-23(14-12-21)27(28,29)30/h2-4,6-8,10-14,16,18H,5,9,15,17H2,1H3. The van der Waals surface area contributed by atoms with Gasteiger partial charge in [0, 0.05) is 24.2 Å². The summed E-state index contributed by atoms with van der Waals surface area (Å²) in [5.41, 5.74) is 3.47. The molecule has 35 heavy (non-hydrogen) atoms. The molecule has 1 heterocycles. The number of nitrogens with zero attached hydrogens (tertiary/aromatic N) is 3. The first-order valence-electron chi connectivity index (χ1n) is 11.2. The largest absolute Gasteiger partial charge is 0.416 e. The van der Waals surface area contributed by atoms with Crippen LogP contribution in [0.3, 0.4) is 0 Å². The van der Waals surface area contributed by atoms with Crippen LogP contribution in [0, 0.1) is 6.92 Å². The van der Waals surface area contributed by atoms with Gasteiger partial charge in [0.15, 0.2) is 0 Å². The van der Waals surface area contributed by atoms with Crippen LogP contribution in [0.2, 0.25) is 0 Å². The molecule has 0 aliphatic rings. The van der Waals surface area contributed by atoms with Crippen molar-refractivity contribution >= 4 is 12.2 Å². The number of carbonyl (C=O) groups excluding carboxylic acids is 1. The van der Waals surface area contributed by atoms with Crippen molar-refractivity contribution in [2.24, 2.45) is 0 Å². The molecule has 180 valence electrons. The molecule has 0 unspecified atom stereocenters. The molecule has 0 saturated carbocycles. The summed E-state index contributed by atoms with van der Waals surface area (Å²) in [7, 11) is 0. The van der Waals surface area contributed by atoms with E-state index in [9.17, 15) is 18.0 Å². The Morgan fingerprint density at radius 2 is 1.74 bits per heavy atom. The zero-order chi connectivity index (χ0) is 24.8. The molecule has 0 radical (unpaired) electrons. The fourth-order valence-corrected chi connectivity index (χ4v) is 3.83. The van der Waals surface area contributed by atoms with Gasteiger partial charge in [-0.1, -0.05) is 48.5 Å². The summed E-state index contributed by atoms with van der Waals surface area (Å²) in [6.07, 6.45) is -2.14. The molecule has 0 atom stereocenters. The Morgan fingerprint density at radius 1 is 0.971 bits per heavy atom. The minimum Gasteiger partial charge on any atom is -0.334 e. The maximum atomic E-state index is 13.0. The van der Waals surface area contributed by atoms with Crippen LogP contribution in [0.15, 0.2) is 77.3 Å². The maximum absolute atomic E-state index is 13.0. The highest BCUT2D eigenvalue weighted by atomic mass is 19.4. The number of halogens is 3. The number of benzene rings is 3. The van der Waals surface area contributed by atoms with Gasteiger partial charge < -0.3 is 9.42 Å². The minimum atomic E-state index is -4.38. The molecule has 0 saturated heterocycles. The molecule has 0 bridgehead atoms. The predicted octanol–water partition coefficient (Wildman–Crippen LogP) is 6.52. The quantitative estimate of drug-likeness (QED) is 0.256. The molecule has 5 nitrogen and oxygen atoms in total. The van der Waals surface area contributed by atoms with Gasteiger partial charge in [-0.25, -0.2) is 0 Å². The second-order valence-corrected chi connectivity index (χ2v) is 8.30. The van der Waals surface area contributed by atoms with Crippen molar-refractivity contribution in [3.05, 3.63) is 101 Å². The highest BCUT2D eigenvalue weighted by molar-refractivity contribution is 5.74. The number of rotatable bonds is 9. The van der Waals surface area contributed by atoms with E-state index in [0.29, 0.717) is 42.5 Å². The van der Waals surface area contributed by atoms with Crippen molar-refractivity contribution in [2.75, 3.05) is 11.4 Å². The van der Waals surface area contributed by atoms with E-state index in [2.05, 4.69) is 10.1 Å². The summed E-state index contributed by atoms with van der Waals surface area (Å²) in [6, 6.07) is 20.1. The highest BCUT2D eigenvalue weighted by Crippen LogP contribution is 2.30. The number of aldehydes is 1. The summed E-state index contributed by atoms with van der Waals surface area (Å²) < 4.78 is 44.4. The summed E-state index contributed by atoms with van der Waals surface area (Å²) >= 11 is 0. The van der Waals surface area contributed by atoms with Crippen molar-refractivity contribution in [1.29, 1.82) is 0 Å². The van der Waals surface area contributed by atoms with Crippen LogP contribution in [-0.4, -0.2) is 23.0 Å². The van der Waals surface area contributed by atoms with Crippen LogP contribution in [0.4, 0.5) is 19.1 Å². The van der Waals surface area contributed by atoms with E-state index in [1.54, 1.807) is 6.07 Å². The molecule has 0 amide bonds. The maximum Gasteiger partial charge on any atom is 0.416 e. The summed E-state index contributed by atoms with van der Waals surface area (Å²) in [6.45, 7) is 2.81. The number of hydrogen-bond acceptors (Lipinski definition) is 5. The van der Waals surface area contributed by atoms with Crippen molar-refractivity contribution in [3.8, 4) is 11.5 Å². The molecule has 0 fully saturated rings. The van der Waals surface area contributed by atoms with E-state index < -0.39 is 11.7 Å². The van der Waals surface area contributed by atoms with Crippen LogP contribution < -0.4 is 4.90 Å². The lowest BCUT2D eigenvalue weighted by Gasteiger charge is -2.21. The van der Waals surface area contributed by atoms with E-state index >= 15 is 0 Å². The van der Waals surface area contributed by atoms with Gasteiger partial charge in [0.2, 0.25) is 0 Å². The van der Waals surface area contributed by atoms with Gasteiger partial charge in [-0.3, -0.25) is 4.79 Å². The fraction of sp³-hybridized carbons (Fsp3) is 0.222. The average Bonchev–Trinajstić information content (AvgIpc) is 3.33. The second-order valence-electron chi connectivity index (χ2n) is 8.30. The summed E-state index contributed by atoms with van der Waals surface area (Å²) in [5.74, 6) is 0.749. The van der Waals surface area contributed by atoms with Gasteiger partial charge >= 0.3 is 6.18 Å². The highest BCUT2D eigenvalue weighted by Gasteiger charge is 2.30. The number of aryl methyl sites for hydroxylation is 2. The third-order valence-corrected chi connectivity index (χ3v) is 5.71. The first-order chi connectivity index (χ1) is 16.8. The van der Waals surface area contributed by atoms with Gasteiger partial charge in [-0.15, -0.1) is 0 Å². The van der Waals surface area contributed by atoms with E-state index in [4.69, 9.17) is 4.52 Å². The van der Waals surface area contributed by atoms with Gasteiger partial charge in [-0.05, 0) is 65.9 Å². The van der Waals surface area contributed by atoms with E-state index in [1.807, 2.05) is 54.3 Å². The van der Waals surface area contributed by atoms with E-state index in [0.717, 1.165) is 41.5 Å². The molecule has 4 rings (SSSR count). The Labute approximate surface area is 201 Å². The average molecular weight is 480 g/mol. The monoisotopic (exact) mass is 479 g/mol. The molecule has 4 aromatic rings. The topological polar surface area (TPSA) is 59.2 Å². The smallest absolute Gasteiger partial charge is 0.334 e. The minimum absolute atomic E-state index is 0.319. The van der Waals surface area contributed by atoms with Crippen LogP contribution in [0.1, 0.15) is 39.0 Å². The molecule has 0 spiro atoms. The molecule has 0 aliphatic carbocycles. The first-order valence-corrected chi connectivity index (χ1v) is 11.2. The Balaban J connectivity index is 1.54. The first kappa shape index (κ1) is 24.2. The Kier molecular flexibility index (Phi) is 7.29. The molecule has 1 aromatic heterocycles. The molecule has 0 aliphatic heterocycles. The van der Waals surface area contributed by atoms with Crippen molar-refractivity contribution < 1.29 is 22.5 Å². The Morgan fingerprint density at radius 3 is 2.46 bits per heavy atom. The zero-order valence-electron chi connectivity index (χ0n) is 19.1. The van der Waals surface area contributed by atoms with Gasteiger partial charge in [0.05, 0.1) is 5.56 Å². The summed E-state index contributed by atoms with van der Waals surface area (Å²) in [5, 5.41) is 4.15. The molecule has 3 aromatic carbocycles. The van der Waals surface area contributed by atoms with Crippen molar-refractivity contribution in [3.63, 3.8) is 0 Å². The fourth-order valence-electron chi connectivity index (χ4n) is 3.83. The van der Waals surface area contributed by atoms with Gasteiger partial charge in [0.1, 0.15) is 6.29 Å². The van der Waals surface area contributed by atoms with Crippen LogP contribution in [0.25, 0.3) is 11.5 Å². The van der Waals surface area contributed by atoms with E-state index in [1.165, 1.54) is 12.1 Å². The van der Waals surface area contributed by atoms with Crippen molar-refractivity contribution in [2.45, 2.75) is 32.5 Å². The van der Waals surface area contributed by atoms with Crippen LogP contribution >= 0.6 is 0 Å². The molecule has 8 heteroatoms. The lowest BCUT2D eigenvalue weighted by Crippen LogP contribution is -2.25. The summed E-state index contributed by atoms with van der Waals surface area (Å²) in [4.78, 5) is 17.5. The Bertz CT molecular complexity index is 1280. The predicted molar refractivity (Wildman–Crippen MR) is 127 cm³/mol. The number of carbonyl (C=O) groups is 1. The molecular weight excluding hydrogens is 455 g/mol. The number of alkyl halides is 3. The third-order valence-electron chi connectivity index (χ3n) is 5.71. The third kappa shape index (κ3) is 6.15. The lowest BCUT2D eigenvalue weighted by molar-refractivity contribution is -0.137. The van der Waals surface area contributed by atoms with Gasteiger partial charge in [-0.2, -0.15) is 18.2 Å². The molecule has 0 N–H and O–H groups in total. The SMILES string of the molecule is Cc1ccccc1-c1nc(N(CCCc2cccc(C=O)c2)Cc2ccc(C(F)(F)F)cc2)no1. The molecular formula is C27H24F3N3O2. The van der Waals surface area contributed by atoms with Crippen molar-refractivity contribution in [1.82, 2.24) is 10.1 Å².